The Kier molecular flexibility index (Phi) is 2400. The van der Waals surface area contributed by atoms with Gasteiger partial charge in [0, 0.05) is 47.3 Å². The maximum atomic E-state index is 0. The van der Waals surface area contributed by atoms with Crippen LogP contribution < -0.4 is 0 Å². The summed E-state index contributed by atoms with van der Waals surface area (Å²) in [6, 6.07) is 0. The van der Waals surface area contributed by atoms with Crippen molar-refractivity contribution in [2.45, 2.75) is 0 Å². The first kappa shape index (κ1) is 153. The summed E-state index contributed by atoms with van der Waals surface area (Å²) in [6.07, 6.45) is 0. The first-order valence-corrected chi connectivity index (χ1v) is 0. The van der Waals surface area contributed by atoms with Gasteiger partial charge in [-0.25, -0.2) is 0 Å². The van der Waals surface area contributed by atoms with Crippen molar-refractivity contribution in [1.82, 2.24) is 0 Å². The van der Waals surface area contributed by atoms with Crippen molar-refractivity contribution in [2.24, 2.45) is 0 Å². The first-order chi connectivity index (χ1) is 0. The van der Waals surface area contributed by atoms with Crippen molar-refractivity contribution in [3.63, 3.8) is 0 Å². The van der Waals surface area contributed by atoms with Crippen LogP contribution in [0.15, 0.2) is 0 Å². The maximum Gasteiger partial charge on any atom is 0 e. The largest absolute Gasteiger partial charge is 0.412 e. The minimum absolute atomic E-state index is 0. The zero-order chi connectivity index (χ0) is 0. The first-order valence-electron chi connectivity index (χ1n) is 0. The van der Waals surface area contributed by atoms with Crippen molar-refractivity contribution in [1.29, 1.82) is 0 Å². The number of hydrogen-bond donors (Lipinski definition) is 0. The molecule has 0 aromatic carbocycles. The summed E-state index contributed by atoms with van der Waals surface area (Å²) >= 11 is 0. The Bertz CT molecular complexity index is 7.51. The minimum Gasteiger partial charge on any atom is -0.412 e. The molecule has 6 heteroatoms. The molecule has 0 saturated carbocycles. The van der Waals surface area contributed by atoms with Gasteiger partial charge in [0.05, 0.1) is 0 Å². The van der Waals surface area contributed by atoms with Gasteiger partial charge in [-0.05, 0) is 0 Å². The Hall–Kier alpha value is 1.41. The van der Waals surface area contributed by atoms with Crippen molar-refractivity contribution in [3.05, 3.63) is 0 Å². The molecule has 0 unspecified atom stereocenters. The summed E-state index contributed by atoms with van der Waals surface area (Å²) in [5.74, 6) is 0. The van der Waals surface area contributed by atoms with E-state index >= 15 is 0 Å². The standard InChI is InChI=1S/4H2O.Pt.Zr/h4*1H2;;. The molecule has 0 atom stereocenters. The van der Waals surface area contributed by atoms with E-state index in [1.54, 1.807) is 0 Å². The molecule has 0 spiro atoms. The van der Waals surface area contributed by atoms with Crippen LogP contribution in [0, 0.1) is 0 Å². The zero-order valence-corrected chi connectivity index (χ0v) is 7.55. The molecule has 0 aliphatic heterocycles. The normalized spacial score (nSPS) is 0. The van der Waals surface area contributed by atoms with Gasteiger partial charge in [0.25, 0.3) is 0 Å². The van der Waals surface area contributed by atoms with E-state index in [1.165, 1.54) is 0 Å². The van der Waals surface area contributed by atoms with Crippen LogP contribution in [-0.2, 0) is 47.3 Å². The second-order valence-corrected chi connectivity index (χ2v) is 0. The van der Waals surface area contributed by atoms with Crippen LogP contribution in [0.3, 0.4) is 0 Å². The molecule has 0 aromatic rings. The molecule has 0 aromatic heterocycles. The van der Waals surface area contributed by atoms with E-state index < -0.39 is 0 Å². The summed E-state index contributed by atoms with van der Waals surface area (Å²) in [5.41, 5.74) is 0. The molecule has 0 aliphatic carbocycles. The van der Waals surface area contributed by atoms with Gasteiger partial charge in [0.2, 0.25) is 0 Å². The van der Waals surface area contributed by atoms with Crippen LogP contribution >= 0.6 is 0 Å². The van der Waals surface area contributed by atoms with Gasteiger partial charge >= 0.3 is 0 Å². The van der Waals surface area contributed by atoms with Crippen molar-refractivity contribution in [2.75, 3.05) is 0 Å². The van der Waals surface area contributed by atoms with E-state index in [9.17, 15) is 0 Å². The SMILES string of the molecule is O.O.O.O.[Pt].[Zr]. The Morgan fingerprint density at radius 3 is 0.500 bits per heavy atom. The van der Waals surface area contributed by atoms with Crippen LogP contribution in [0.2, 0.25) is 0 Å². The Balaban J connectivity index is 0. The Morgan fingerprint density at radius 1 is 0.500 bits per heavy atom. The van der Waals surface area contributed by atoms with Crippen LogP contribution in [-0.4, -0.2) is 21.9 Å². The number of hydrogen-bond acceptors (Lipinski definition) is 0. The molecule has 0 rings (SSSR count). The monoisotopic (exact) mass is 357 g/mol. The summed E-state index contributed by atoms with van der Waals surface area (Å²) in [5, 5.41) is 0. The Labute approximate surface area is 68.9 Å². The summed E-state index contributed by atoms with van der Waals surface area (Å²) in [7, 11) is 0. The molecule has 0 radical (unpaired) electrons. The van der Waals surface area contributed by atoms with E-state index in [-0.39, 0.29) is 69.2 Å². The molecule has 0 heterocycles. The van der Waals surface area contributed by atoms with Crippen LogP contribution in [0.25, 0.3) is 0 Å². The summed E-state index contributed by atoms with van der Waals surface area (Å²) in [6.45, 7) is 0. The summed E-state index contributed by atoms with van der Waals surface area (Å²) < 4.78 is 0. The van der Waals surface area contributed by atoms with Gasteiger partial charge in [-0.15, -0.1) is 0 Å². The van der Waals surface area contributed by atoms with Crippen molar-refractivity contribution >= 4 is 0 Å². The van der Waals surface area contributed by atoms with Crippen molar-refractivity contribution in [3.8, 4) is 0 Å². The fourth-order valence-electron chi connectivity index (χ4n) is 0. The van der Waals surface area contributed by atoms with E-state index in [0.29, 0.717) is 0 Å². The van der Waals surface area contributed by atoms with E-state index in [4.69, 9.17) is 0 Å². The second kappa shape index (κ2) is 94.2. The van der Waals surface area contributed by atoms with E-state index in [1.807, 2.05) is 0 Å². The van der Waals surface area contributed by atoms with Crippen LogP contribution in [0.5, 0.6) is 0 Å². The predicted molar refractivity (Wildman–Crippen MR) is 14.5 cm³/mol. The average molecular weight is 358 g/mol. The quantitative estimate of drug-likeness (QED) is 0.430. The third-order valence-electron chi connectivity index (χ3n) is 0. The van der Waals surface area contributed by atoms with E-state index in [2.05, 4.69) is 0 Å². The van der Waals surface area contributed by atoms with E-state index in [0.717, 1.165) is 0 Å². The van der Waals surface area contributed by atoms with Gasteiger partial charge in [-0.2, -0.15) is 0 Å². The van der Waals surface area contributed by atoms with Gasteiger partial charge in [0.15, 0.2) is 0 Å². The van der Waals surface area contributed by atoms with Gasteiger partial charge in [-0.1, -0.05) is 0 Å². The maximum absolute atomic E-state index is 0. The Morgan fingerprint density at radius 2 is 0.500 bits per heavy atom. The molecule has 0 bridgehead atoms. The van der Waals surface area contributed by atoms with Crippen LogP contribution in [0.1, 0.15) is 0 Å². The topological polar surface area (TPSA) is 126 Å². The molecule has 0 saturated heterocycles. The van der Waals surface area contributed by atoms with Gasteiger partial charge in [-0.3, -0.25) is 0 Å². The molecular formula is H8O4PtZr. The zero-order valence-electron chi connectivity index (χ0n) is 2.82. The van der Waals surface area contributed by atoms with Gasteiger partial charge in [0.1, 0.15) is 0 Å². The molecule has 0 aliphatic rings. The third kappa shape index (κ3) is 52.9. The summed E-state index contributed by atoms with van der Waals surface area (Å²) in [4.78, 5) is 0. The van der Waals surface area contributed by atoms with Gasteiger partial charge < -0.3 is 21.9 Å². The molecule has 8 N–H and O–H groups in total. The average Bonchev–Trinajstić information content (AvgIpc) is 0. The molecule has 46 valence electrons. The molecule has 0 fully saturated rings. The predicted octanol–water partition coefficient (Wildman–Crippen LogP) is -3.30. The van der Waals surface area contributed by atoms with Crippen LogP contribution in [0.4, 0.5) is 0 Å². The minimum atomic E-state index is 0. The third-order valence-corrected chi connectivity index (χ3v) is 0. The van der Waals surface area contributed by atoms with Crippen molar-refractivity contribution < 1.29 is 69.2 Å². The fourth-order valence-corrected chi connectivity index (χ4v) is 0. The molecule has 6 heavy (non-hydrogen) atoms. The number of rotatable bonds is 0. The molecule has 0 amide bonds. The molecule has 4 nitrogen and oxygen atoms in total. The smallest absolute Gasteiger partial charge is 0 e. The molecular weight excluding hydrogens is 350 g/mol. The fraction of sp³-hybridized carbons (Fsp3) is 0. The second-order valence-electron chi connectivity index (χ2n) is 0.